The van der Waals surface area contributed by atoms with E-state index in [1.165, 1.54) is 0 Å². The predicted octanol–water partition coefficient (Wildman–Crippen LogP) is 5.40. The van der Waals surface area contributed by atoms with Gasteiger partial charge in [0.2, 0.25) is 0 Å². The molecule has 0 unspecified atom stereocenters. The highest BCUT2D eigenvalue weighted by atomic mass is 79.9. The molecular formula is C13H6Br2ClF2NO. The van der Waals surface area contributed by atoms with Crippen molar-refractivity contribution in [2.45, 2.75) is 0 Å². The Balaban J connectivity index is 2.31. The van der Waals surface area contributed by atoms with Gasteiger partial charge in [0.1, 0.15) is 0 Å². The molecule has 2 aromatic rings. The fourth-order valence-corrected chi connectivity index (χ4v) is 2.86. The Morgan fingerprint density at radius 1 is 1.10 bits per heavy atom. The van der Waals surface area contributed by atoms with Crippen LogP contribution in [0.5, 0.6) is 0 Å². The summed E-state index contributed by atoms with van der Waals surface area (Å²) in [5.41, 5.74) is 0.347. The Morgan fingerprint density at radius 2 is 1.75 bits per heavy atom. The first kappa shape index (κ1) is 15.4. The van der Waals surface area contributed by atoms with Gasteiger partial charge in [0.05, 0.1) is 16.3 Å². The molecule has 2 nitrogen and oxygen atoms in total. The van der Waals surface area contributed by atoms with Crippen molar-refractivity contribution in [3.05, 3.63) is 61.5 Å². The summed E-state index contributed by atoms with van der Waals surface area (Å²) in [5, 5.41) is 2.40. The molecule has 0 heterocycles. The van der Waals surface area contributed by atoms with Gasteiger partial charge in [-0.1, -0.05) is 27.5 Å². The van der Waals surface area contributed by atoms with Gasteiger partial charge < -0.3 is 5.32 Å². The number of carbonyl (C=O) groups is 1. The van der Waals surface area contributed by atoms with Crippen molar-refractivity contribution >= 4 is 55.1 Å². The van der Waals surface area contributed by atoms with Crippen molar-refractivity contribution in [1.82, 2.24) is 0 Å². The van der Waals surface area contributed by atoms with Crippen LogP contribution in [-0.2, 0) is 0 Å². The molecule has 2 aromatic carbocycles. The highest BCUT2D eigenvalue weighted by Crippen LogP contribution is 2.27. The zero-order valence-corrected chi connectivity index (χ0v) is 13.6. The molecule has 0 bridgehead atoms. The van der Waals surface area contributed by atoms with Gasteiger partial charge in [-0.2, -0.15) is 0 Å². The molecule has 0 aromatic heterocycles. The minimum absolute atomic E-state index is 0.139. The molecule has 104 valence electrons. The SMILES string of the molecule is O=C(Nc1ccc(Br)cc1Br)c1cc(F)c(F)cc1Cl. The van der Waals surface area contributed by atoms with Crippen molar-refractivity contribution in [3.63, 3.8) is 0 Å². The smallest absolute Gasteiger partial charge is 0.257 e. The monoisotopic (exact) mass is 423 g/mol. The third-order valence-electron chi connectivity index (χ3n) is 2.43. The zero-order valence-electron chi connectivity index (χ0n) is 9.68. The second-order valence-corrected chi connectivity index (χ2v) is 6.00. The summed E-state index contributed by atoms with van der Waals surface area (Å²) < 4.78 is 27.6. The molecule has 7 heteroatoms. The van der Waals surface area contributed by atoms with E-state index >= 15 is 0 Å². The molecule has 0 saturated carbocycles. The predicted molar refractivity (Wildman–Crippen MR) is 81.2 cm³/mol. The number of benzene rings is 2. The van der Waals surface area contributed by atoms with E-state index in [1.54, 1.807) is 18.2 Å². The van der Waals surface area contributed by atoms with Gasteiger partial charge in [0.15, 0.2) is 11.6 Å². The normalized spacial score (nSPS) is 10.4. The molecule has 0 aliphatic heterocycles. The van der Waals surface area contributed by atoms with Crippen LogP contribution in [-0.4, -0.2) is 5.91 Å². The Morgan fingerprint density at radius 3 is 2.40 bits per heavy atom. The molecule has 0 radical (unpaired) electrons. The summed E-state index contributed by atoms with van der Waals surface area (Å²) in [6, 6.07) is 6.65. The van der Waals surface area contributed by atoms with Crippen LogP contribution in [0.4, 0.5) is 14.5 Å². The third kappa shape index (κ3) is 3.37. The van der Waals surface area contributed by atoms with Crippen molar-refractivity contribution in [1.29, 1.82) is 0 Å². The van der Waals surface area contributed by atoms with E-state index in [2.05, 4.69) is 37.2 Å². The van der Waals surface area contributed by atoms with Gasteiger partial charge >= 0.3 is 0 Å². The molecule has 0 atom stereocenters. The van der Waals surface area contributed by atoms with Gasteiger partial charge in [-0.25, -0.2) is 8.78 Å². The van der Waals surface area contributed by atoms with E-state index in [-0.39, 0.29) is 10.6 Å². The summed E-state index contributed by atoms with van der Waals surface area (Å²) in [6.07, 6.45) is 0. The molecule has 0 aliphatic rings. The quantitative estimate of drug-likeness (QED) is 0.642. The van der Waals surface area contributed by atoms with E-state index in [1.807, 2.05) is 0 Å². The number of amides is 1. The molecule has 0 spiro atoms. The van der Waals surface area contributed by atoms with E-state index < -0.39 is 17.5 Å². The summed E-state index contributed by atoms with van der Waals surface area (Å²) in [6.45, 7) is 0. The van der Waals surface area contributed by atoms with Crippen LogP contribution >= 0.6 is 43.5 Å². The van der Waals surface area contributed by atoms with E-state index in [4.69, 9.17) is 11.6 Å². The highest BCUT2D eigenvalue weighted by molar-refractivity contribution is 9.11. The van der Waals surface area contributed by atoms with Gasteiger partial charge in [-0.15, -0.1) is 0 Å². The van der Waals surface area contributed by atoms with Crippen molar-refractivity contribution in [2.75, 3.05) is 5.32 Å². The zero-order chi connectivity index (χ0) is 14.9. The number of hydrogen-bond acceptors (Lipinski definition) is 1. The van der Waals surface area contributed by atoms with Gasteiger partial charge in [0.25, 0.3) is 5.91 Å². The van der Waals surface area contributed by atoms with Crippen LogP contribution in [0, 0.1) is 11.6 Å². The Hall–Kier alpha value is -0.980. The Labute approximate surface area is 135 Å². The summed E-state index contributed by atoms with van der Waals surface area (Å²) in [4.78, 5) is 12.0. The molecular weight excluding hydrogens is 419 g/mol. The van der Waals surface area contributed by atoms with E-state index in [0.29, 0.717) is 10.2 Å². The maximum Gasteiger partial charge on any atom is 0.257 e. The van der Waals surface area contributed by atoms with Gasteiger partial charge in [-0.3, -0.25) is 4.79 Å². The summed E-state index contributed by atoms with van der Waals surface area (Å²) >= 11 is 12.3. The van der Waals surface area contributed by atoms with Crippen LogP contribution in [0.2, 0.25) is 5.02 Å². The molecule has 0 saturated heterocycles. The third-order valence-corrected chi connectivity index (χ3v) is 3.90. The average Bonchev–Trinajstić information content (AvgIpc) is 2.37. The number of nitrogens with one attached hydrogen (secondary N) is 1. The minimum Gasteiger partial charge on any atom is -0.321 e. The van der Waals surface area contributed by atoms with Crippen LogP contribution in [0.25, 0.3) is 0 Å². The summed E-state index contributed by atoms with van der Waals surface area (Å²) in [7, 11) is 0. The number of carbonyl (C=O) groups excluding carboxylic acids is 1. The second-order valence-electron chi connectivity index (χ2n) is 3.82. The maximum atomic E-state index is 13.2. The van der Waals surface area contributed by atoms with Gasteiger partial charge in [-0.05, 0) is 46.3 Å². The first-order valence-electron chi connectivity index (χ1n) is 5.29. The first-order chi connectivity index (χ1) is 9.38. The molecule has 20 heavy (non-hydrogen) atoms. The lowest BCUT2D eigenvalue weighted by molar-refractivity contribution is 0.102. The lowest BCUT2D eigenvalue weighted by Gasteiger charge is -2.09. The summed E-state index contributed by atoms with van der Waals surface area (Å²) in [5.74, 6) is -2.86. The lowest BCUT2D eigenvalue weighted by Crippen LogP contribution is -2.13. The minimum atomic E-state index is -1.13. The van der Waals surface area contributed by atoms with Crippen LogP contribution in [0.15, 0.2) is 39.3 Å². The van der Waals surface area contributed by atoms with Gasteiger partial charge in [0, 0.05) is 8.95 Å². The number of hydrogen-bond donors (Lipinski definition) is 1. The Bertz CT molecular complexity index is 694. The van der Waals surface area contributed by atoms with Crippen molar-refractivity contribution in [2.24, 2.45) is 0 Å². The molecule has 1 amide bonds. The largest absolute Gasteiger partial charge is 0.321 e. The fourth-order valence-electron chi connectivity index (χ4n) is 1.48. The van der Waals surface area contributed by atoms with Crippen molar-refractivity contribution < 1.29 is 13.6 Å². The van der Waals surface area contributed by atoms with E-state index in [0.717, 1.165) is 16.6 Å². The maximum absolute atomic E-state index is 13.2. The molecule has 0 fully saturated rings. The van der Waals surface area contributed by atoms with Crippen LogP contribution < -0.4 is 5.32 Å². The number of rotatable bonds is 2. The highest BCUT2D eigenvalue weighted by Gasteiger charge is 2.16. The number of anilines is 1. The fraction of sp³-hybridized carbons (Fsp3) is 0. The van der Waals surface area contributed by atoms with Crippen LogP contribution in [0.1, 0.15) is 10.4 Å². The Kier molecular flexibility index (Phi) is 4.78. The molecule has 0 aliphatic carbocycles. The average molecular weight is 425 g/mol. The van der Waals surface area contributed by atoms with Crippen LogP contribution in [0.3, 0.4) is 0 Å². The van der Waals surface area contributed by atoms with E-state index in [9.17, 15) is 13.6 Å². The topological polar surface area (TPSA) is 29.1 Å². The molecule has 1 N–H and O–H groups in total. The number of halogens is 5. The van der Waals surface area contributed by atoms with Crippen molar-refractivity contribution in [3.8, 4) is 0 Å². The molecule has 2 rings (SSSR count). The second kappa shape index (κ2) is 6.20. The standard InChI is InChI=1S/C13H6Br2ClF2NO/c14-6-1-2-12(8(15)3-6)19-13(20)7-4-10(17)11(18)5-9(7)16/h1-5H,(H,19,20). The first-order valence-corrected chi connectivity index (χ1v) is 7.26. The lowest BCUT2D eigenvalue weighted by atomic mass is 10.2.